The molecule has 4 aromatic rings. The number of anilines is 1. The molecule has 1 aliphatic rings. The van der Waals surface area contributed by atoms with Crippen LogP contribution in [0.25, 0.3) is 5.82 Å². The summed E-state index contributed by atoms with van der Waals surface area (Å²) in [6.45, 7) is 4.47. The maximum Gasteiger partial charge on any atom is 0.254 e. The molecule has 4 heterocycles. The van der Waals surface area contributed by atoms with Gasteiger partial charge in [-0.1, -0.05) is 6.07 Å². The van der Waals surface area contributed by atoms with Gasteiger partial charge in [-0.2, -0.15) is 5.10 Å². The summed E-state index contributed by atoms with van der Waals surface area (Å²) in [7, 11) is 0. The molecule has 1 aliphatic heterocycles. The Kier molecular flexibility index (Phi) is 5.67. The third-order valence-electron chi connectivity index (χ3n) is 5.47. The van der Waals surface area contributed by atoms with Crippen LogP contribution in [0.4, 0.5) is 5.82 Å². The SMILES string of the molecule is Cc1ccc(Oc2cccc(C(=O)N3CCN(c4cc(-n5cccc5)ncn4)CC3)c2)nn1. The Morgan fingerprint density at radius 3 is 2.42 bits per heavy atom. The Balaban J connectivity index is 1.23. The van der Waals surface area contributed by atoms with Crippen molar-refractivity contribution in [1.82, 2.24) is 29.6 Å². The predicted octanol–water partition coefficient (Wildman–Crippen LogP) is 3.12. The lowest BCUT2D eigenvalue weighted by molar-refractivity contribution is 0.0746. The zero-order valence-electron chi connectivity index (χ0n) is 18.2. The van der Waals surface area contributed by atoms with E-state index in [1.807, 2.05) is 59.1 Å². The van der Waals surface area contributed by atoms with E-state index in [0.717, 1.165) is 17.3 Å². The van der Waals surface area contributed by atoms with Gasteiger partial charge in [-0.05, 0) is 43.3 Å². The van der Waals surface area contributed by atoms with E-state index >= 15 is 0 Å². The van der Waals surface area contributed by atoms with Gasteiger partial charge in [0.15, 0.2) is 0 Å². The number of piperazine rings is 1. The number of ether oxygens (including phenoxy) is 1. The van der Waals surface area contributed by atoms with Crippen molar-refractivity contribution in [3.63, 3.8) is 0 Å². The molecule has 166 valence electrons. The normalized spacial score (nSPS) is 13.7. The third kappa shape index (κ3) is 4.67. The molecule has 0 unspecified atom stereocenters. The molecule has 1 saturated heterocycles. The van der Waals surface area contributed by atoms with Crippen molar-refractivity contribution in [2.75, 3.05) is 31.1 Å². The lowest BCUT2D eigenvalue weighted by Gasteiger charge is -2.35. The third-order valence-corrected chi connectivity index (χ3v) is 5.47. The van der Waals surface area contributed by atoms with Crippen LogP contribution in [0.1, 0.15) is 16.1 Å². The number of benzene rings is 1. The summed E-state index contributed by atoms with van der Waals surface area (Å²) in [6.07, 6.45) is 5.48. The minimum atomic E-state index is -0.0224. The number of hydrogen-bond donors (Lipinski definition) is 0. The molecule has 0 spiro atoms. The lowest BCUT2D eigenvalue weighted by atomic mass is 10.1. The topological polar surface area (TPSA) is 89.3 Å². The molecule has 0 atom stereocenters. The van der Waals surface area contributed by atoms with Crippen LogP contribution in [-0.2, 0) is 0 Å². The predicted molar refractivity (Wildman–Crippen MR) is 123 cm³/mol. The van der Waals surface area contributed by atoms with Crippen molar-refractivity contribution in [2.45, 2.75) is 6.92 Å². The van der Waals surface area contributed by atoms with E-state index in [1.165, 1.54) is 0 Å². The summed E-state index contributed by atoms with van der Waals surface area (Å²) in [5, 5.41) is 8.01. The highest BCUT2D eigenvalue weighted by Gasteiger charge is 2.23. The van der Waals surface area contributed by atoms with Crippen molar-refractivity contribution in [1.29, 1.82) is 0 Å². The molecule has 3 aromatic heterocycles. The molecule has 0 aliphatic carbocycles. The van der Waals surface area contributed by atoms with Gasteiger partial charge in [0.1, 0.15) is 23.7 Å². The molecule has 1 amide bonds. The molecule has 9 heteroatoms. The van der Waals surface area contributed by atoms with Crippen molar-refractivity contribution in [3.8, 4) is 17.4 Å². The number of nitrogens with zero attached hydrogens (tertiary/aromatic N) is 7. The number of carbonyl (C=O) groups is 1. The van der Waals surface area contributed by atoms with Crippen LogP contribution < -0.4 is 9.64 Å². The molecule has 0 N–H and O–H groups in total. The van der Waals surface area contributed by atoms with Crippen molar-refractivity contribution in [3.05, 3.63) is 84.6 Å². The summed E-state index contributed by atoms with van der Waals surface area (Å²) in [4.78, 5) is 25.9. The quantitative estimate of drug-likeness (QED) is 0.470. The summed E-state index contributed by atoms with van der Waals surface area (Å²) in [5.74, 6) is 2.60. The summed E-state index contributed by atoms with van der Waals surface area (Å²) in [5.41, 5.74) is 1.39. The zero-order valence-corrected chi connectivity index (χ0v) is 18.2. The molecule has 33 heavy (non-hydrogen) atoms. The summed E-state index contributed by atoms with van der Waals surface area (Å²) >= 11 is 0. The fraction of sp³-hybridized carbons (Fsp3) is 0.208. The van der Waals surface area contributed by atoms with Crippen molar-refractivity contribution >= 4 is 11.7 Å². The Bertz CT molecular complexity index is 1230. The monoisotopic (exact) mass is 441 g/mol. The van der Waals surface area contributed by atoms with E-state index in [2.05, 4.69) is 25.1 Å². The van der Waals surface area contributed by atoms with Crippen LogP contribution in [0.5, 0.6) is 11.6 Å². The minimum Gasteiger partial charge on any atom is -0.438 e. The molecular formula is C24H23N7O2. The number of hydrogen-bond acceptors (Lipinski definition) is 7. The number of carbonyl (C=O) groups excluding carboxylic acids is 1. The van der Waals surface area contributed by atoms with Gasteiger partial charge in [-0.3, -0.25) is 4.79 Å². The Hall–Kier alpha value is -4.27. The van der Waals surface area contributed by atoms with Gasteiger partial charge >= 0.3 is 0 Å². The summed E-state index contributed by atoms with van der Waals surface area (Å²) in [6, 6.07) is 16.6. The van der Waals surface area contributed by atoms with Gasteiger partial charge in [0.05, 0.1) is 5.69 Å². The molecular weight excluding hydrogens is 418 g/mol. The maximum absolute atomic E-state index is 13.1. The molecule has 0 saturated carbocycles. The second kappa shape index (κ2) is 9.07. The Labute approximate surface area is 191 Å². The van der Waals surface area contributed by atoms with E-state index < -0.39 is 0 Å². The number of rotatable bonds is 5. The van der Waals surface area contributed by atoms with Crippen LogP contribution in [0.2, 0.25) is 0 Å². The Morgan fingerprint density at radius 1 is 0.879 bits per heavy atom. The number of aryl methyl sites for hydroxylation is 1. The first kappa shape index (κ1) is 20.6. The lowest BCUT2D eigenvalue weighted by Crippen LogP contribution is -2.49. The minimum absolute atomic E-state index is 0.0224. The fourth-order valence-corrected chi connectivity index (χ4v) is 3.71. The highest BCUT2D eigenvalue weighted by Crippen LogP contribution is 2.22. The first-order valence-corrected chi connectivity index (χ1v) is 10.7. The summed E-state index contributed by atoms with van der Waals surface area (Å²) < 4.78 is 7.71. The average Bonchev–Trinajstić information content (AvgIpc) is 3.41. The van der Waals surface area contributed by atoms with Crippen LogP contribution >= 0.6 is 0 Å². The largest absolute Gasteiger partial charge is 0.438 e. The molecule has 1 fully saturated rings. The van der Waals surface area contributed by atoms with Gasteiger partial charge in [-0.25, -0.2) is 9.97 Å². The van der Waals surface area contributed by atoms with Crippen LogP contribution in [0.15, 0.2) is 73.3 Å². The van der Waals surface area contributed by atoms with Gasteiger partial charge in [0, 0.05) is 56.3 Å². The molecule has 0 bridgehead atoms. The first-order valence-electron chi connectivity index (χ1n) is 10.7. The molecule has 5 rings (SSSR count). The van der Waals surface area contributed by atoms with E-state index in [4.69, 9.17) is 4.74 Å². The van der Waals surface area contributed by atoms with E-state index in [-0.39, 0.29) is 5.91 Å². The van der Waals surface area contributed by atoms with Crippen LogP contribution in [0, 0.1) is 6.92 Å². The maximum atomic E-state index is 13.1. The van der Waals surface area contributed by atoms with Gasteiger partial charge in [0.2, 0.25) is 5.88 Å². The van der Waals surface area contributed by atoms with E-state index in [0.29, 0.717) is 43.4 Å². The first-order chi connectivity index (χ1) is 16.2. The highest BCUT2D eigenvalue weighted by atomic mass is 16.5. The van der Waals surface area contributed by atoms with Gasteiger partial charge in [-0.15, -0.1) is 5.10 Å². The number of aromatic nitrogens is 5. The standard InChI is InChI=1S/C24H23N7O2/c1-18-7-8-23(28-27-18)33-20-6-4-5-19(15-20)24(32)31-13-11-30(12-14-31)22-16-21(25-17-26-22)29-9-2-3-10-29/h2-10,15-17H,11-14H2,1H3. The van der Waals surface area contributed by atoms with E-state index in [9.17, 15) is 4.79 Å². The average molecular weight is 441 g/mol. The Morgan fingerprint density at radius 2 is 1.67 bits per heavy atom. The van der Waals surface area contributed by atoms with E-state index in [1.54, 1.807) is 30.6 Å². The van der Waals surface area contributed by atoms with Crippen molar-refractivity contribution in [2.24, 2.45) is 0 Å². The molecule has 1 aromatic carbocycles. The molecule has 0 radical (unpaired) electrons. The van der Waals surface area contributed by atoms with Crippen LogP contribution in [-0.4, -0.2) is 61.7 Å². The van der Waals surface area contributed by atoms with Gasteiger partial charge < -0.3 is 19.1 Å². The fourth-order valence-electron chi connectivity index (χ4n) is 3.71. The zero-order chi connectivity index (χ0) is 22.6. The second-order valence-electron chi connectivity index (χ2n) is 7.75. The molecule has 9 nitrogen and oxygen atoms in total. The van der Waals surface area contributed by atoms with Gasteiger partial charge in [0.25, 0.3) is 5.91 Å². The second-order valence-corrected chi connectivity index (χ2v) is 7.75. The number of amides is 1. The van der Waals surface area contributed by atoms with Crippen LogP contribution in [0.3, 0.4) is 0 Å². The van der Waals surface area contributed by atoms with Crippen molar-refractivity contribution < 1.29 is 9.53 Å². The highest BCUT2D eigenvalue weighted by molar-refractivity contribution is 5.94. The smallest absolute Gasteiger partial charge is 0.254 e.